The normalized spacial score (nSPS) is 11.9. The average Bonchev–Trinajstić information content (AvgIpc) is 3.18. The zero-order valence-corrected chi connectivity index (χ0v) is 16.4. The van der Waals surface area contributed by atoms with Crippen molar-refractivity contribution < 1.29 is 26.9 Å². The number of H-pyrrole nitrogens is 1. The van der Waals surface area contributed by atoms with Gasteiger partial charge < -0.3 is 14.1 Å². The molecular weight excluding hydrogens is 418 g/mol. The van der Waals surface area contributed by atoms with Crippen molar-refractivity contribution in [3.8, 4) is 11.5 Å². The first kappa shape index (κ1) is 20.6. The zero-order valence-electron chi connectivity index (χ0n) is 14.7. The molecule has 2 aromatic carbocycles. The number of nitrogens with zero attached hydrogens (tertiary/aromatic N) is 2. The van der Waals surface area contributed by atoms with E-state index in [-0.39, 0.29) is 5.75 Å². The van der Waals surface area contributed by atoms with E-state index in [2.05, 4.69) is 23.2 Å². The highest BCUT2D eigenvalue weighted by Crippen LogP contribution is 2.13. The number of hydrogen-bond acceptors (Lipinski definition) is 8. The third-order valence-corrected chi connectivity index (χ3v) is 4.24. The number of nitrogens with one attached hydrogen (secondary N) is 1. The molecule has 150 valence electrons. The van der Waals surface area contributed by atoms with E-state index >= 15 is 0 Å². The van der Waals surface area contributed by atoms with Crippen molar-refractivity contribution in [1.82, 2.24) is 4.98 Å². The Hall–Kier alpha value is -3.12. The molecule has 0 amide bonds. The van der Waals surface area contributed by atoms with Crippen molar-refractivity contribution in [3.05, 3.63) is 84.2 Å². The molecule has 0 unspecified atom stereocenters. The van der Waals surface area contributed by atoms with Gasteiger partial charge in [0.1, 0.15) is 5.75 Å². The summed E-state index contributed by atoms with van der Waals surface area (Å²) in [5.41, 5.74) is 1.04. The Labute approximate surface area is 171 Å². The molecule has 1 heterocycles. The minimum absolute atomic E-state index is 0.180. The molecule has 0 aliphatic heterocycles. The van der Waals surface area contributed by atoms with Gasteiger partial charge in [-0.05, 0) is 36.4 Å². The van der Waals surface area contributed by atoms with Crippen LogP contribution in [0.15, 0.2) is 81.6 Å². The standard InChI is InChI=1S/C18H15N3O6S2/c22-29(23,25-18-9-5-2-6-10-18)20-14-16-12-11-15(21-16)13-19-28-27-26-24-17-7-3-1-4-8-17/h1-14,21H. The summed E-state index contributed by atoms with van der Waals surface area (Å²) in [5, 5.41) is 4.52. The van der Waals surface area contributed by atoms with Gasteiger partial charge in [0.05, 0.1) is 23.8 Å². The molecule has 3 rings (SSSR count). The van der Waals surface area contributed by atoms with E-state index in [1.165, 1.54) is 18.3 Å². The van der Waals surface area contributed by atoms with Crippen LogP contribution in [0.1, 0.15) is 11.4 Å². The largest absolute Gasteiger partial charge is 0.428 e. The molecule has 1 N–H and O–H groups in total. The van der Waals surface area contributed by atoms with Crippen LogP contribution in [0.4, 0.5) is 0 Å². The van der Waals surface area contributed by atoms with Crippen molar-refractivity contribution in [2.24, 2.45) is 8.80 Å². The summed E-state index contributed by atoms with van der Waals surface area (Å²) in [6.45, 7) is 0. The number of rotatable bonds is 10. The second-order valence-electron chi connectivity index (χ2n) is 5.27. The van der Waals surface area contributed by atoms with E-state index in [0.717, 1.165) is 6.21 Å². The average molecular weight is 433 g/mol. The molecule has 11 heteroatoms. The molecule has 0 saturated heterocycles. The molecule has 9 nitrogen and oxygen atoms in total. The molecule has 0 aliphatic rings. The van der Waals surface area contributed by atoms with Crippen molar-refractivity contribution >= 4 is 35.0 Å². The Kier molecular flexibility index (Phi) is 7.41. The smallest absolute Gasteiger partial charge is 0.366 e. The maximum atomic E-state index is 11.8. The van der Waals surface area contributed by atoms with Gasteiger partial charge in [-0.1, -0.05) is 40.7 Å². The highest BCUT2D eigenvalue weighted by molar-refractivity contribution is 7.93. The molecule has 0 saturated carbocycles. The number of benzene rings is 2. The molecule has 0 atom stereocenters. The van der Waals surface area contributed by atoms with Gasteiger partial charge >= 0.3 is 10.3 Å². The second-order valence-corrected chi connectivity index (χ2v) is 7.00. The minimum Gasteiger partial charge on any atom is -0.366 e. The SMILES string of the molecule is O=S(=O)(N=Cc1ccc(C=NSOOOc2ccccc2)[nH]1)Oc1ccccc1. The Balaban J connectivity index is 1.43. The number of aromatic amines is 1. The van der Waals surface area contributed by atoms with Gasteiger partial charge in [0.15, 0.2) is 18.0 Å². The van der Waals surface area contributed by atoms with Gasteiger partial charge in [-0.2, -0.15) is 12.8 Å². The van der Waals surface area contributed by atoms with E-state index in [9.17, 15) is 8.42 Å². The second kappa shape index (κ2) is 10.4. The summed E-state index contributed by atoms with van der Waals surface area (Å²) in [5.74, 6) is 0.663. The van der Waals surface area contributed by atoms with E-state index < -0.39 is 10.3 Å². The van der Waals surface area contributed by atoms with E-state index in [4.69, 9.17) is 9.07 Å². The van der Waals surface area contributed by atoms with Crippen molar-refractivity contribution in [1.29, 1.82) is 0 Å². The van der Waals surface area contributed by atoms with Gasteiger partial charge in [-0.3, -0.25) is 0 Å². The Morgan fingerprint density at radius 1 is 0.828 bits per heavy atom. The van der Waals surface area contributed by atoms with Crippen LogP contribution in [0, 0.1) is 0 Å². The molecule has 0 fully saturated rings. The minimum atomic E-state index is -4.11. The lowest BCUT2D eigenvalue weighted by atomic mass is 10.3. The van der Waals surface area contributed by atoms with Crippen LogP contribution in [0.3, 0.4) is 0 Å². The van der Waals surface area contributed by atoms with Crippen LogP contribution < -0.4 is 9.07 Å². The molecule has 0 aliphatic carbocycles. The van der Waals surface area contributed by atoms with Crippen LogP contribution in [0.25, 0.3) is 0 Å². The monoisotopic (exact) mass is 433 g/mol. The fourth-order valence-corrected chi connectivity index (χ4v) is 2.84. The van der Waals surface area contributed by atoms with Crippen molar-refractivity contribution in [2.75, 3.05) is 0 Å². The van der Waals surface area contributed by atoms with Crippen molar-refractivity contribution in [3.63, 3.8) is 0 Å². The van der Waals surface area contributed by atoms with Crippen LogP contribution in [-0.2, 0) is 19.7 Å². The molecule has 0 bridgehead atoms. The van der Waals surface area contributed by atoms with Gasteiger partial charge in [0.25, 0.3) is 0 Å². The number of hydrogen-bond donors (Lipinski definition) is 1. The summed E-state index contributed by atoms with van der Waals surface area (Å²) < 4.78 is 40.6. The fourth-order valence-electron chi connectivity index (χ4n) is 1.96. The molecule has 29 heavy (non-hydrogen) atoms. The van der Waals surface area contributed by atoms with E-state index in [0.29, 0.717) is 29.4 Å². The summed E-state index contributed by atoms with van der Waals surface area (Å²) >= 11 is 0.648. The fraction of sp³-hybridized carbons (Fsp3) is 0. The van der Waals surface area contributed by atoms with Crippen LogP contribution in [0.2, 0.25) is 0 Å². The predicted octanol–water partition coefficient (Wildman–Crippen LogP) is 3.68. The highest BCUT2D eigenvalue weighted by atomic mass is 32.2. The maximum Gasteiger partial charge on any atom is 0.428 e. The van der Waals surface area contributed by atoms with Crippen LogP contribution >= 0.6 is 12.2 Å². The molecule has 3 aromatic rings. The first-order valence-corrected chi connectivity index (χ1v) is 10.2. The third kappa shape index (κ3) is 7.43. The van der Waals surface area contributed by atoms with Crippen LogP contribution in [0.5, 0.6) is 11.5 Å². The Bertz CT molecular complexity index is 1050. The lowest BCUT2D eigenvalue weighted by Gasteiger charge is -2.00. The van der Waals surface area contributed by atoms with Gasteiger partial charge in [-0.25, -0.2) is 0 Å². The zero-order chi connectivity index (χ0) is 20.4. The van der Waals surface area contributed by atoms with Crippen molar-refractivity contribution in [2.45, 2.75) is 0 Å². The maximum absolute atomic E-state index is 11.8. The third-order valence-electron chi connectivity index (χ3n) is 3.16. The highest BCUT2D eigenvalue weighted by Gasteiger charge is 2.09. The Morgan fingerprint density at radius 3 is 2.14 bits per heavy atom. The molecule has 0 spiro atoms. The molecule has 0 radical (unpaired) electrons. The lowest BCUT2D eigenvalue weighted by molar-refractivity contribution is -0.403. The topological polar surface area (TPSA) is 112 Å². The molecular formula is C18H15N3O6S2. The van der Waals surface area contributed by atoms with Crippen LogP contribution in [-0.4, -0.2) is 25.8 Å². The van der Waals surface area contributed by atoms with Gasteiger partial charge in [0, 0.05) is 5.04 Å². The van der Waals surface area contributed by atoms with Gasteiger partial charge in [-0.15, -0.1) is 4.40 Å². The quantitative estimate of drug-likeness (QED) is 0.130. The lowest BCUT2D eigenvalue weighted by Crippen LogP contribution is -2.06. The summed E-state index contributed by atoms with van der Waals surface area (Å²) in [6, 6.07) is 20.2. The molecule has 1 aromatic heterocycles. The summed E-state index contributed by atoms with van der Waals surface area (Å²) in [6.07, 6.45) is 2.58. The predicted molar refractivity (Wildman–Crippen MR) is 109 cm³/mol. The first-order chi connectivity index (χ1) is 14.1. The van der Waals surface area contributed by atoms with E-state index in [1.54, 1.807) is 54.6 Å². The number of aromatic nitrogens is 1. The summed E-state index contributed by atoms with van der Waals surface area (Å²) in [7, 11) is -4.11. The summed E-state index contributed by atoms with van der Waals surface area (Å²) in [4.78, 5) is 7.76. The van der Waals surface area contributed by atoms with E-state index in [1.807, 2.05) is 6.07 Å². The number of para-hydroxylation sites is 2. The Morgan fingerprint density at radius 2 is 1.45 bits per heavy atom. The van der Waals surface area contributed by atoms with Gasteiger partial charge in [0.2, 0.25) is 0 Å². The first-order valence-electron chi connectivity index (χ1n) is 8.10.